The van der Waals surface area contributed by atoms with Gasteiger partial charge in [0.1, 0.15) is 17.7 Å². The SMILES string of the molecule is CC(C)C(C(=O)NC1CCN(c2ccc(F)cc2F)C1)N1CCCC1=O. The Kier molecular flexibility index (Phi) is 5.44. The van der Waals surface area contributed by atoms with Crippen LogP contribution in [0.25, 0.3) is 0 Å². The summed E-state index contributed by atoms with van der Waals surface area (Å²) in [5.41, 5.74) is 0.346. The van der Waals surface area contributed by atoms with Crippen molar-refractivity contribution in [2.45, 2.75) is 45.2 Å². The predicted molar refractivity (Wildman–Crippen MR) is 94.7 cm³/mol. The zero-order chi connectivity index (χ0) is 18.8. The Balaban J connectivity index is 1.63. The number of rotatable bonds is 5. The Labute approximate surface area is 152 Å². The molecular weight excluding hydrogens is 340 g/mol. The number of amides is 2. The molecule has 2 aliphatic heterocycles. The summed E-state index contributed by atoms with van der Waals surface area (Å²) in [6.45, 7) is 5.54. The van der Waals surface area contributed by atoms with Crippen molar-refractivity contribution in [3.05, 3.63) is 29.8 Å². The maximum atomic E-state index is 14.0. The first kappa shape index (κ1) is 18.6. The third kappa shape index (κ3) is 3.81. The minimum Gasteiger partial charge on any atom is -0.367 e. The minimum absolute atomic E-state index is 0.0177. The molecule has 2 atom stereocenters. The highest BCUT2D eigenvalue weighted by molar-refractivity contribution is 5.89. The molecule has 1 aromatic rings. The van der Waals surface area contributed by atoms with Gasteiger partial charge >= 0.3 is 0 Å². The summed E-state index contributed by atoms with van der Waals surface area (Å²) in [7, 11) is 0. The van der Waals surface area contributed by atoms with E-state index in [9.17, 15) is 18.4 Å². The molecular formula is C19H25F2N3O2. The number of benzene rings is 1. The van der Waals surface area contributed by atoms with E-state index in [0.717, 1.165) is 12.5 Å². The average molecular weight is 365 g/mol. The summed E-state index contributed by atoms with van der Waals surface area (Å²) in [5.74, 6) is -1.31. The van der Waals surface area contributed by atoms with Crippen LogP contribution >= 0.6 is 0 Å². The molecule has 0 aliphatic carbocycles. The number of hydrogen-bond donors (Lipinski definition) is 1. The van der Waals surface area contributed by atoms with Gasteiger partial charge < -0.3 is 15.1 Å². The summed E-state index contributed by atoms with van der Waals surface area (Å²) in [6, 6.07) is 2.94. The summed E-state index contributed by atoms with van der Waals surface area (Å²) >= 11 is 0. The Morgan fingerprint density at radius 3 is 2.65 bits per heavy atom. The Morgan fingerprint density at radius 2 is 2.04 bits per heavy atom. The van der Waals surface area contributed by atoms with Crippen LogP contribution in [0.1, 0.15) is 33.1 Å². The molecule has 2 aliphatic rings. The fourth-order valence-corrected chi connectivity index (χ4v) is 3.89. The topological polar surface area (TPSA) is 52.7 Å². The number of halogens is 2. The molecule has 26 heavy (non-hydrogen) atoms. The van der Waals surface area contributed by atoms with Crippen LogP contribution in [0.4, 0.5) is 14.5 Å². The number of carbonyl (C=O) groups is 2. The van der Waals surface area contributed by atoms with Gasteiger partial charge in [-0.25, -0.2) is 8.78 Å². The molecule has 2 unspecified atom stereocenters. The number of anilines is 1. The third-order valence-corrected chi connectivity index (χ3v) is 5.13. The largest absolute Gasteiger partial charge is 0.367 e. The lowest BCUT2D eigenvalue weighted by atomic mass is 10.0. The molecule has 2 saturated heterocycles. The van der Waals surface area contributed by atoms with E-state index >= 15 is 0 Å². The van der Waals surface area contributed by atoms with Crippen LogP contribution in [0.15, 0.2) is 18.2 Å². The average Bonchev–Trinajstić information content (AvgIpc) is 3.17. The van der Waals surface area contributed by atoms with Gasteiger partial charge in [-0.3, -0.25) is 9.59 Å². The van der Waals surface area contributed by atoms with E-state index in [-0.39, 0.29) is 23.8 Å². The zero-order valence-corrected chi connectivity index (χ0v) is 15.2. The van der Waals surface area contributed by atoms with Crippen LogP contribution in [0, 0.1) is 17.6 Å². The lowest BCUT2D eigenvalue weighted by Crippen LogP contribution is -2.53. The number of likely N-dealkylation sites (tertiary alicyclic amines) is 1. The molecule has 0 aromatic heterocycles. The van der Waals surface area contributed by atoms with E-state index in [4.69, 9.17) is 0 Å². The Bertz CT molecular complexity index is 695. The Morgan fingerprint density at radius 1 is 1.27 bits per heavy atom. The first-order chi connectivity index (χ1) is 12.4. The second kappa shape index (κ2) is 7.60. The van der Waals surface area contributed by atoms with E-state index in [1.54, 1.807) is 4.90 Å². The zero-order valence-electron chi connectivity index (χ0n) is 15.2. The third-order valence-electron chi connectivity index (χ3n) is 5.13. The first-order valence-corrected chi connectivity index (χ1v) is 9.16. The molecule has 2 amide bonds. The van der Waals surface area contributed by atoms with Crippen molar-refractivity contribution in [1.82, 2.24) is 10.2 Å². The number of carbonyl (C=O) groups excluding carboxylic acids is 2. The van der Waals surface area contributed by atoms with Gasteiger partial charge in [0.05, 0.1) is 5.69 Å². The molecule has 0 bridgehead atoms. The number of hydrogen-bond acceptors (Lipinski definition) is 3. The quantitative estimate of drug-likeness (QED) is 0.871. The molecule has 2 fully saturated rings. The van der Waals surface area contributed by atoms with Crippen LogP contribution < -0.4 is 10.2 Å². The first-order valence-electron chi connectivity index (χ1n) is 9.16. The Hall–Kier alpha value is -2.18. The predicted octanol–water partition coefficient (Wildman–Crippen LogP) is 2.31. The summed E-state index contributed by atoms with van der Waals surface area (Å²) in [4.78, 5) is 28.3. The van der Waals surface area contributed by atoms with Gasteiger partial charge in [0, 0.05) is 38.2 Å². The highest BCUT2D eigenvalue weighted by Crippen LogP contribution is 2.25. The van der Waals surface area contributed by atoms with E-state index in [0.29, 0.717) is 38.2 Å². The highest BCUT2D eigenvalue weighted by Gasteiger charge is 2.36. The minimum atomic E-state index is -0.606. The smallest absolute Gasteiger partial charge is 0.243 e. The molecule has 142 valence electrons. The summed E-state index contributed by atoms with van der Waals surface area (Å²) in [5, 5.41) is 3.02. The van der Waals surface area contributed by atoms with Crippen molar-refractivity contribution >= 4 is 17.5 Å². The standard InChI is InChI=1S/C19H25F2N3O2/c1-12(2)18(24-8-3-4-17(24)25)19(26)22-14-7-9-23(11-14)16-6-5-13(20)10-15(16)21/h5-6,10,12,14,18H,3-4,7-9,11H2,1-2H3,(H,22,26). The van der Waals surface area contributed by atoms with Crippen molar-refractivity contribution in [3.8, 4) is 0 Å². The van der Waals surface area contributed by atoms with Gasteiger partial charge in [0.25, 0.3) is 0 Å². The molecule has 7 heteroatoms. The molecule has 5 nitrogen and oxygen atoms in total. The normalized spacial score (nSPS) is 21.6. The molecule has 1 N–H and O–H groups in total. The molecule has 2 heterocycles. The summed E-state index contributed by atoms with van der Waals surface area (Å²) < 4.78 is 27.0. The lowest BCUT2D eigenvalue weighted by Gasteiger charge is -2.31. The maximum Gasteiger partial charge on any atom is 0.243 e. The van der Waals surface area contributed by atoms with Crippen molar-refractivity contribution < 1.29 is 18.4 Å². The molecule has 3 rings (SSSR count). The summed E-state index contributed by atoms with van der Waals surface area (Å²) in [6.07, 6.45) is 1.97. The van der Waals surface area contributed by atoms with Crippen LogP contribution in [-0.4, -0.2) is 48.4 Å². The molecule has 0 radical (unpaired) electrons. The lowest BCUT2D eigenvalue weighted by molar-refractivity contribution is -0.139. The monoisotopic (exact) mass is 365 g/mol. The molecule has 0 spiro atoms. The van der Waals surface area contributed by atoms with E-state index in [2.05, 4.69) is 5.32 Å². The van der Waals surface area contributed by atoms with Crippen LogP contribution in [0.3, 0.4) is 0 Å². The van der Waals surface area contributed by atoms with Crippen molar-refractivity contribution in [2.24, 2.45) is 5.92 Å². The maximum absolute atomic E-state index is 14.0. The van der Waals surface area contributed by atoms with Crippen molar-refractivity contribution in [1.29, 1.82) is 0 Å². The molecule has 0 saturated carbocycles. The second-order valence-corrected chi connectivity index (χ2v) is 7.42. The van der Waals surface area contributed by atoms with Gasteiger partial charge in [-0.2, -0.15) is 0 Å². The van der Waals surface area contributed by atoms with E-state index < -0.39 is 17.7 Å². The van der Waals surface area contributed by atoms with Crippen LogP contribution in [0.2, 0.25) is 0 Å². The number of nitrogens with zero attached hydrogens (tertiary/aromatic N) is 2. The van der Waals surface area contributed by atoms with Crippen molar-refractivity contribution in [2.75, 3.05) is 24.5 Å². The fourth-order valence-electron chi connectivity index (χ4n) is 3.89. The van der Waals surface area contributed by atoms with Gasteiger partial charge in [0.15, 0.2) is 0 Å². The van der Waals surface area contributed by atoms with Gasteiger partial charge in [0.2, 0.25) is 11.8 Å². The van der Waals surface area contributed by atoms with Gasteiger partial charge in [-0.05, 0) is 30.9 Å². The van der Waals surface area contributed by atoms with Gasteiger partial charge in [-0.15, -0.1) is 0 Å². The second-order valence-electron chi connectivity index (χ2n) is 7.42. The van der Waals surface area contributed by atoms with Gasteiger partial charge in [-0.1, -0.05) is 13.8 Å². The van der Waals surface area contributed by atoms with Crippen LogP contribution in [-0.2, 0) is 9.59 Å². The number of nitrogens with one attached hydrogen (secondary N) is 1. The fraction of sp³-hybridized carbons (Fsp3) is 0.579. The van der Waals surface area contributed by atoms with E-state index in [1.807, 2.05) is 18.7 Å². The molecule has 1 aromatic carbocycles. The van der Waals surface area contributed by atoms with Crippen molar-refractivity contribution in [3.63, 3.8) is 0 Å². The highest BCUT2D eigenvalue weighted by atomic mass is 19.1. The van der Waals surface area contributed by atoms with Crippen LogP contribution in [0.5, 0.6) is 0 Å². The van der Waals surface area contributed by atoms with E-state index in [1.165, 1.54) is 12.1 Å².